The maximum atomic E-state index is 12.7. The Morgan fingerprint density at radius 3 is 2.65 bits per heavy atom. The summed E-state index contributed by atoms with van der Waals surface area (Å²) < 4.78 is 0.558. The van der Waals surface area contributed by atoms with E-state index in [-0.39, 0.29) is 5.91 Å². The average Bonchev–Trinajstić information content (AvgIpc) is 3.16. The number of carbonyl (C=O) groups excluding carboxylic acids is 1. The minimum atomic E-state index is -0.0788. The zero-order chi connectivity index (χ0) is 15.8. The standard InChI is InChI=1S/C18H12N2OS2/c21-17-16(11-14-6-3-9-19-14)23-18(22)20(17)15-8-7-12-4-1-2-5-13(12)10-15/h1-11,19H/b16-11-. The Bertz CT molecular complexity index is 945. The highest BCUT2D eigenvalue weighted by Crippen LogP contribution is 2.36. The highest BCUT2D eigenvalue weighted by molar-refractivity contribution is 8.27. The second-order valence-electron chi connectivity index (χ2n) is 5.17. The number of nitrogens with one attached hydrogen (secondary N) is 1. The molecular weight excluding hydrogens is 324 g/mol. The van der Waals surface area contributed by atoms with Gasteiger partial charge in [0.25, 0.3) is 5.91 Å². The van der Waals surface area contributed by atoms with E-state index in [1.807, 2.05) is 60.8 Å². The van der Waals surface area contributed by atoms with E-state index in [9.17, 15) is 4.79 Å². The first kappa shape index (κ1) is 14.2. The van der Waals surface area contributed by atoms with E-state index in [1.165, 1.54) is 11.8 Å². The van der Waals surface area contributed by atoms with Gasteiger partial charge in [-0.1, -0.05) is 54.3 Å². The molecule has 2 heterocycles. The highest BCUT2D eigenvalue weighted by Gasteiger charge is 2.33. The van der Waals surface area contributed by atoms with Crippen LogP contribution >= 0.6 is 24.0 Å². The number of nitrogens with zero attached hydrogens (tertiary/aromatic N) is 1. The first-order valence-electron chi connectivity index (χ1n) is 7.12. The number of hydrogen-bond donors (Lipinski definition) is 1. The lowest BCUT2D eigenvalue weighted by atomic mass is 10.1. The molecule has 3 aromatic rings. The molecule has 1 aliphatic heterocycles. The molecule has 0 bridgehead atoms. The van der Waals surface area contributed by atoms with E-state index >= 15 is 0 Å². The number of H-pyrrole nitrogens is 1. The van der Waals surface area contributed by atoms with Crippen molar-refractivity contribution in [3.05, 3.63) is 71.4 Å². The normalized spacial score (nSPS) is 16.7. The van der Waals surface area contributed by atoms with Crippen molar-refractivity contribution < 1.29 is 4.79 Å². The van der Waals surface area contributed by atoms with Gasteiger partial charge in [-0.15, -0.1) is 0 Å². The van der Waals surface area contributed by atoms with Crippen LogP contribution in [0.1, 0.15) is 5.69 Å². The number of aromatic amines is 1. The topological polar surface area (TPSA) is 36.1 Å². The van der Waals surface area contributed by atoms with Gasteiger partial charge in [0, 0.05) is 11.9 Å². The lowest BCUT2D eigenvalue weighted by molar-refractivity contribution is -0.113. The predicted octanol–water partition coefficient (Wildman–Crippen LogP) is 4.57. The number of anilines is 1. The summed E-state index contributed by atoms with van der Waals surface area (Å²) in [5.74, 6) is -0.0788. The van der Waals surface area contributed by atoms with Crippen molar-refractivity contribution in [1.29, 1.82) is 0 Å². The number of benzene rings is 2. The lowest BCUT2D eigenvalue weighted by Crippen LogP contribution is -2.27. The third-order valence-electron chi connectivity index (χ3n) is 3.69. The molecule has 1 aliphatic rings. The Morgan fingerprint density at radius 1 is 1.04 bits per heavy atom. The molecule has 0 radical (unpaired) electrons. The molecule has 0 unspecified atom stereocenters. The van der Waals surface area contributed by atoms with Crippen LogP contribution in [0, 0.1) is 0 Å². The number of hydrogen-bond acceptors (Lipinski definition) is 3. The molecule has 1 fully saturated rings. The van der Waals surface area contributed by atoms with Crippen LogP contribution in [-0.2, 0) is 4.79 Å². The van der Waals surface area contributed by atoms with Gasteiger partial charge in [0.1, 0.15) is 0 Å². The molecule has 0 atom stereocenters. The number of aromatic nitrogens is 1. The molecular formula is C18H12N2OS2. The Labute approximate surface area is 143 Å². The van der Waals surface area contributed by atoms with Gasteiger partial charge >= 0.3 is 0 Å². The van der Waals surface area contributed by atoms with Crippen molar-refractivity contribution in [3.63, 3.8) is 0 Å². The van der Waals surface area contributed by atoms with Crippen LogP contribution in [0.2, 0.25) is 0 Å². The smallest absolute Gasteiger partial charge is 0.270 e. The van der Waals surface area contributed by atoms with Crippen molar-refractivity contribution in [3.8, 4) is 0 Å². The van der Waals surface area contributed by atoms with Crippen LogP contribution in [0.4, 0.5) is 5.69 Å². The van der Waals surface area contributed by atoms with Crippen LogP contribution in [0.5, 0.6) is 0 Å². The van der Waals surface area contributed by atoms with Crippen molar-refractivity contribution in [2.45, 2.75) is 0 Å². The molecule has 0 aliphatic carbocycles. The summed E-state index contributed by atoms with van der Waals surface area (Å²) in [5, 5.41) is 2.23. The van der Waals surface area contributed by atoms with E-state index in [4.69, 9.17) is 12.2 Å². The minimum absolute atomic E-state index is 0.0788. The molecule has 23 heavy (non-hydrogen) atoms. The molecule has 2 aromatic carbocycles. The van der Waals surface area contributed by atoms with Gasteiger partial charge in [-0.3, -0.25) is 9.69 Å². The second kappa shape index (κ2) is 5.68. The summed E-state index contributed by atoms with van der Waals surface area (Å²) in [6, 6.07) is 17.8. The SMILES string of the molecule is O=C1/C(=C/c2ccc[nH]2)SC(=S)N1c1ccc2ccccc2c1. The largest absolute Gasteiger partial charge is 0.362 e. The quantitative estimate of drug-likeness (QED) is 0.550. The van der Waals surface area contributed by atoms with E-state index in [0.717, 1.165) is 22.2 Å². The summed E-state index contributed by atoms with van der Waals surface area (Å²) in [6.45, 7) is 0. The van der Waals surface area contributed by atoms with Gasteiger partial charge in [-0.25, -0.2) is 0 Å². The number of rotatable bonds is 2. The van der Waals surface area contributed by atoms with Crippen LogP contribution in [0.3, 0.4) is 0 Å². The zero-order valence-corrected chi connectivity index (χ0v) is 13.7. The first-order valence-corrected chi connectivity index (χ1v) is 8.35. The Kier molecular flexibility index (Phi) is 3.52. The van der Waals surface area contributed by atoms with Crippen molar-refractivity contribution in [1.82, 2.24) is 4.98 Å². The van der Waals surface area contributed by atoms with Crippen molar-refractivity contribution in [2.24, 2.45) is 0 Å². The lowest BCUT2D eigenvalue weighted by Gasteiger charge is -2.15. The average molecular weight is 336 g/mol. The molecule has 1 saturated heterocycles. The molecule has 4 rings (SSSR count). The molecule has 1 N–H and O–H groups in total. The first-order chi connectivity index (χ1) is 11.2. The minimum Gasteiger partial charge on any atom is -0.362 e. The fourth-order valence-electron chi connectivity index (χ4n) is 2.58. The Balaban J connectivity index is 1.73. The fraction of sp³-hybridized carbons (Fsp3) is 0. The fourth-order valence-corrected chi connectivity index (χ4v) is 3.87. The van der Waals surface area contributed by atoms with Gasteiger partial charge in [0.2, 0.25) is 0 Å². The third-order valence-corrected chi connectivity index (χ3v) is 5.00. The summed E-state index contributed by atoms with van der Waals surface area (Å²) in [6.07, 6.45) is 3.66. The Morgan fingerprint density at radius 2 is 1.87 bits per heavy atom. The molecule has 1 amide bonds. The third kappa shape index (κ3) is 2.58. The van der Waals surface area contributed by atoms with Gasteiger partial charge in [0.15, 0.2) is 4.32 Å². The molecule has 1 aromatic heterocycles. The molecule has 3 nitrogen and oxygen atoms in total. The summed E-state index contributed by atoms with van der Waals surface area (Å²) in [4.78, 5) is 18.0. The van der Waals surface area contributed by atoms with E-state index in [2.05, 4.69) is 11.1 Å². The number of amides is 1. The zero-order valence-electron chi connectivity index (χ0n) is 12.0. The molecule has 0 spiro atoms. The predicted molar refractivity (Wildman–Crippen MR) is 100 cm³/mol. The van der Waals surface area contributed by atoms with E-state index in [0.29, 0.717) is 9.23 Å². The maximum absolute atomic E-state index is 12.7. The van der Waals surface area contributed by atoms with Crippen LogP contribution in [0.15, 0.2) is 65.7 Å². The number of thiocarbonyl (C=S) groups is 1. The molecule has 5 heteroatoms. The maximum Gasteiger partial charge on any atom is 0.270 e. The number of carbonyl (C=O) groups is 1. The number of thioether (sulfide) groups is 1. The van der Waals surface area contributed by atoms with E-state index in [1.54, 1.807) is 4.90 Å². The molecule has 0 saturated carbocycles. The Hall–Kier alpha value is -2.37. The van der Waals surface area contributed by atoms with Crippen molar-refractivity contribution >= 4 is 56.7 Å². The summed E-state index contributed by atoms with van der Waals surface area (Å²) >= 11 is 6.74. The van der Waals surface area contributed by atoms with E-state index < -0.39 is 0 Å². The second-order valence-corrected chi connectivity index (χ2v) is 6.85. The van der Waals surface area contributed by atoms with Gasteiger partial charge in [-0.05, 0) is 41.1 Å². The van der Waals surface area contributed by atoms with Gasteiger partial charge in [0.05, 0.1) is 10.6 Å². The van der Waals surface area contributed by atoms with Gasteiger partial charge in [-0.2, -0.15) is 0 Å². The molecule has 112 valence electrons. The monoisotopic (exact) mass is 336 g/mol. The van der Waals surface area contributed by atoms with Crippen LogP contribution in [0.25, 0.3) is 16.8 Å². The number of fused-ring (bicyclic) bond motifs is 1. The van der Waals surface area contributed by atoms with Crippen LogP contribution < -0.4 is 4.90 Å². The van der Waals surface area contributed by atoms with Crippen molar-refractivity contribution in [2.75, 3.05) is 4.90 Å². The van der Waals surface area contributed by atoms with Crippen LogP contribution in [-0.4, -0.2) is 15.2 Å². The highest BCUT2D eigenvalue weighted by atomic mass is 32.2. The summed E-state index contributed by atoms with van der Waals surface area (Å²) in [7, 11) is 0. The summed E-state index contributed by atoms with van der Waals surface area (Å²) in [5.41, 5.74) is 1.70. The van der Waals surface area contributed by atoms with Gasteiger partial charge < -0.3 is 4.98 Å².